The molecule has 3 N–H and O–H groups in total. The van der Waals surface area contributed by atoms with Gasteiger partial charge in [0, 0.05) is 5.56 Å². The third kappa shape index (κ3) is 5.80. The van der Waals surface area contributed by atoms with E-state index in [9.17, 15) is 9.90 Å². The molecule has 0 radical (unpaired) electrons. The van der Waals surface area contributed by atoms with Gasteiger partial charge in [-0.25, -0.2) is 5.43 Å². The molecule has 1 heterocycles. The van der Waals surface area contributed by atoms with Crippen molar-refractivity contribution in [3.63, 3.8) is 0 Å². The number of fused-ring (bicyclic) bond motifs is 1. The maximum atomic E-state index is 12.7. The fourth-order valence-electron chi connectivity index (χ4n) is 4.37. The highest BCUT2D eigenvalue weighted by Crippen LogP contribution is 2.40. The van der Waals surface area contributed by atoms with Crippen LogP contribution in [0.1, 0.15) is 5.56 Å². The SMILES string of the molecule is COc1cc(-c2[nH]nc(SCC(=O)N/N=C/c3c(O)ccc4ccccc34)[n+]2-c2ccccc2)cc(OC)c1OC. The van der Waals surface area contributed by atoms with E-state index in [1.54, 1.807) is 27.4 Å². The number of phenolic OH excluding ortho intramolecular Hbond substituents is 1. The predicted molar refractivity (Wildman–Crippen MR) is 157 cm³/mol. The van der Waals surface area contributed by atoms with E-state index in [1.807, 2.05) is 77.4 Å². The lowest BCUT2D eigenvalue weighted by molar-refractivity contribution is -0.625. The standard InChI is InChI=1S/C30H27N5O5S/c1-38-25-15-20(16-26(39-2)28(25)40-3)29-33-34-30(35(29)21-10-5-4-6-11-21)41-18-27(37)32-31-17-23-22-12-8-7-9-19(22)13-14-24(23)36/h4-17H,18H2,1-3H3,(H2,31,32,36,37)/p+1. The summed E-state index contributed by atoms with van der Waals surface area (Å²) in [6.45, 7) is 0. The van der Waals surface area contributed by atoms with Crippen LogP contribution in [0.2, 0.25) is 0 Å². The van der Waals surface area contributed by atoms with Crippen LogP contribution >= 0.6 is 11.8 Å². The van der Waals surface area contributed by atoms with Crippen LogP contribution in [0, 0.1) is 0 Å². The molecule has 0 saturated heterocycles. The number of rotatable bonds is 10. The second kappa shape index (κ2) is 12.4. The maximum absolute atomic E-state index is 12.7. The van der Waals surface area contributed by atoms with Crippen molar-refractivity contribution >= 4 is 34.7 Å². The molecule has 0 saturated carbocycles. The molecule has 4 aromatic carbocycles. The van der Waals surface area contributed by atoms with E-state index in [0.717, 1.165) is 22.0 Å². The first-order valence-corrected chi connectivity index (χ1v) is 13.5. The zero-order chi connectivity index (χ0) is 28.8. The van der Waals surface area contributed by atoms with Crippen molar-refractivity contribution in [1.82, 2.24) is 15.6 Å². The van der Waals surface area contributed by atoms with Crippen LogP contribution in [-0.2, 0) is 4.79 Å². The number of carbonyl (C=O) groups is 1. The Bertz CT molecular complexity index is 1700. The number of ether oxygens (including phenoxy) is 3. The van der Waals surface area contributed by atoms with Gasteiger partial charge < -0.3 is 19.3 Å². The number of phenols is 1. The van der Waals surface area contributed by atoms with E-state index < -0.39 is 0 Å². The largest absolute Gasteiger partial charge is 0.507 e. The van der Waals surface area contributed by atoms with Gasteiger partial charge in [0.15, 0.2) is 11.5 Å². The summed E-state index contributed by atoms with van der Waals surface area (Å²) < 4.78 is 18.5. The first-order valence-electron chi connectivity index (χ1n) is 12.6. The Labute approximate surface area is 240 Å². The molecule has 41 heavy (non-hydrogen) atoms. The normalized spacial score (nSPS) is 11.1. The van der Waals surface area contributed by atoms with E-state index in [2.05, 4.69) is 20.7 Å². The number of hydrazone groups is 1. The molecule has 0 aliphatic heterocycles. The highest BCUT2D eigenvalue weighted by molar-refractivity contribution is 7.99. The van der Waals surface area contributed by atoms with Gasteiger partial charge in [0.05, 0.1) is 44.0 Å². The molecule has 0 aliphatic carbocycles. The highest BCUT2D eigenvalue weighted by atomic mass is 32.2. The fraction of sp³-hybridized carbons (Fsp3) is 0.133. The number of benzene rings is 4. The molecule has 0 aliphatic rings. The number of aromatic hydroxyl groups is 1. The Kier molecular flexibility index (Phi) is 8.35. The first kappa shape index (κ1) is 27.5. The molecule has 0 atom stereocenters. The number of carbonyl (C=O) groups excluding carboxylic acids is 1. The summed E-state index contributed by atoms with van der Waals surface area (Å²) in [4.78, 5) is 12.7. The van der Waals surface area contributed by atoms with Crippen LogP contribution in [0.3, 0.4) is 0 Å². The molecule has 0 bridgehead atoms. The van der Waals surface area contributed by atoms with Gasteiger partial charge in [0.2, 0.25) is 5.75 Å². The summed E-state index contributed by atoms with van der Waals surface area (Å²) in [6.07, 6.45) is 1.45. The van der Waals surface area contributed by atoms with Gasteiger partial charge in [-0.15, -0.1) is 5.10 Å². The summed E-state index contributed by atoms with van der Waals surface area (Å²) in [5, 5.41) is 24.3. The number of methoxy groups -OCH3 is 3. The Morgan fingerprint density at radius 3 is 2.41 bits per heavy atom. The van der Waals surface area contributed by atoms with Crippen molar-refractivity contribution < 1.29 is 28.7 Å². The van der Waals surface area contributed by atoms with Crippen molar-refractivity contribution in [3.05, 3.63) is 84.4 Å². The minimum atomic E-state index is -0.331. The van der Waals surface area contributed by atoms with Crippen LogP contribution in [0.15, 0.2) is 89.1 Å². The number of nitrogens with zero attached hydrogens (tertiary/aromatic N) is 3. The molecular formula is C30H28N5O5S+. The Morgan fingerprint density at radius 2 is 1.71 bits per heavy atom. The molecular weight excluding hydrogens is 542 g/mol. The molecule has 208 valence electrons. The second-order valence-electron chi connectivity index (χ2n) is 8.74. The number of H-pyrrole nitrogens is 1. The van der Waals surface area contributed by atoms with Crippen LogP contribution in [0.25, 0.3) is 27.8 Å². The van der Waals surface area contributed by atoms with Gasteiger partial charge in [0.25, 0.3) is 11.7 Å². The summed E-state index contributed by atoms with van der Waals surface area (Å²) in [5.41, 5.74) is 4.65. The van der Waals surface area contributed by atoms with Crippen LogP contribution < -0.4 is 24.2 Å². The molecule has 10 nitrogen and oxygen atoms in total. The van der Waals surface area contributed by atoms with Crippen molar-refractivity contribution in [2.45, 2.75) is 5.16 Å². The zero-order valence-electron chi connectivity index (χ0n) is 22.6. The van der Waals surface area contributed by atoms with E-state index in [4.69, 9.17) is 14.2 Å². The third-order valence-corrected chi connectivity index (χ3v) is 7.23. The molecule has 1 aromatic heterocycles. The van der Waals surface area contributed by atoms with E-state index in [0.29, 0.717) is 33.8 Å². The molecule has 11 heteroatoms. The van der Waals surface area contributed by atoms with Crippen molar-refractivity contribution in [2.24, 2.45) is 5.10 Å². The van der Waals surface area contributed by atoms with Gasteiger partial charge in [-0.05, 0) is 52.9 Å². The lowest BCUT2D eigenvalue weighted by Crippen LogP contribution is -2.34. The maximum Gasteiger partial charge on any atom is 0.342 e. The van der Waals surface area contributed by atoms with Gasteiger partial charge in [0.1, 0.15) is 11.4 Å². The molecule has 5 rings (SSSR count). The van der Waals surface area contributed by atoms with Crippen LogP contribution in [0.4, 0.5) is 0 Å². The van der Waals surface area contributed by atoms with E-state index in [-0.39, 0.29) is 17.4 Å². The van der Waals surface area contributed by atoms with Crippen molar-refractivity contribution in [2.75, 3.05) is 27.1 Å². The number of nitrogens with one attached hydrogen (secondary N) is 2. The molecule has 1 amide bonds. The summed E-state index contributed by atoms with van der Waals surface area (Å²) in [6, 6.07) is 24.4. The van der Waals surface area contributed by atoms with Crippen molar-refractivity contribution in [3.8, 4) is 40.1 Å². The van der Waals surface area contributed by atoms with Crippen LogP contribution in [-0.4, -0.2) is 54.5 Å². The smallest absolute Gasteiger partial charge is 0.342 e. The predicted octanol–water partition coefficient (Wildman–Crippen LogP) is 4.48. The van der Waals surface area contributed by atoms with Gasteiger partial charge >= 0.3 is 5.16 Å². The first-order chi connectivity index (χ1) is 20.0. The van der Waals surface area contributed by atoms with Gasteiger partial charge in [-0.1, -0.05) is 48.5 Å². The molecule has 0 unspecified atom stereocenters. The van der Waals surface area contributed by atoms with Crippen molar-refractivity contribution in [1.29, 1.82) is 0 Å². The third-order valence-electron chi connectivity index (χ3n) is 6.29. The number of thioether (sulfide) groups is 1. The average molecular weight is 571 g/mol. The lowest BCUT2D eigenvalue weighted by atomic mass is 10.0. The number of aromatic nitrogens is 3. The Balaban J connectivity index is 1.39. The average Bonchev–Trinajstić information content (AvgIpc) is 3.44. The number of aromatic amines is 1. The summed E-state index contributed by atoms with van der Waals surface area (Å²) in [7, 11) is 4.67. The number of hydrogen-bond donors (Lipinski definition) is 3. The monoisotopic (exact) mass is 570 g/mol. The van der Waals surface area contributed by atoms with Gasteiger partial charge in [-0.2, -0.15) is 9.67 Å². The molecule has 5 aromatic rings. The number of hydrogen-bond acceptors (Lipinski definition) is 8. The summed E-state index contributed by atoms with van der Waals surface area (Å²) in [5.74, 6) is 1.93. The lowest BCUT2D eigenvalue weighted by Gasteiger charge is -2.13. The quantitative estimate of drug-likeness (QED) is 0.0980. The topological polar surface area (TPSA) is 122 Å². The summed E-state index contributed by atoms with van der Waals surface area (Å²) >= 11 is 1.24. The Hall–Kier alpha value is -5.03. The van der Waals surface area contributed by atoms with Gasteiger partial charge in [-0.3, -0.25) is 4.79 Å². The minimum absolute atomic E-state index is 0.0469. The number of amides is 1. The fourth-order valence-corrected chi connectivity index (χ4v) is 5.13. The number of para-hydroxylation sites is 1. The van der Waals surface area contributed by atoms with Crippen LogP contribution in [0.5, 0.6) is 23.0 Å². The Morgan fingerprint density at radius 1 is 1.00 bits per heavy atom. The van der Waals surface area contributed by atoms with E-state index >= 15 is 0 Å². The second-order valence-corrected chi connectivity index (χ2v) is 9.68. The molecule has 0 fully saturated rings. The zero-order valence-corrected chi connectivity index (χ0v) is 23.4. The molecule has 0 spiro atoms. The highest BCUT2D eigenvalue weighted by Gasteiger charge is 2.27. The van der Waals surface area contributed by atoms with E-state index in [1.165, 1.54) is 18.0 Å². The minimum Gasteiger partial charge on any atom is -0.507 e.